The van der Waals surface area contributed by atoms with Crippen LogP contribution in [0, 0.1) is 0 Å². The Balaban J connectivity index is 1.99. The number of rotatable bonds is 3. The Labute approximate surface area is 154 Å². The number of thioether (sulfide) groups is 1. The van der Waals surface area contributed by atoms with E-state index in [-0.39, 0.29) is 11.0 Å². The highest BCUT2D eigenvalue weighted by Crippen LogP contribution is 2.35. The number of nitrogens with zero attached hydrogens (tertiary/aromatic N) is 2. The summed E-state index contributed by atoms with van der Waals surface area (Å²) in [6.07, 6.45) is 3.55. The number of imidazole rings is 1. The molecule has 0 N–H and O–H groups in total. The lowest BCUT2D eigenvalue weighted by Gasteiger charge is -2.33. The first kappa shape index (κ1) is 16.8. The topological polar surface area (TPSA) is 44.1 Å². The van der Waals surface area contributed by atoms with Crippen LogP contribution in [0.1, 0.15) is 30.7 Å². The fraction of sp³-hybridized carbons (Fsp3) is 0.368. The molecule has 130 valence electrons. The minimum absolute atomic E-state index is 0.0664. The second-order valence-corrected chi connectivity index (χ2v) is 8.38. The Morgan fingerprint density at radius 1 is 1.36 bits per heavy atom. The molecule has 1 aliphatic heterocycles. The average molecular weight is 373 g/mol. The van der Waals surface area contributed by atoms with E-state index in [0.29, 0.717) is 18.5 Å². The Morgan fingerprint density at radius 3 is 2.80 bits per heavy atom. The van der Waals surface area contributed by atoms with E-state index >= 15 is 0 Å². The van der Waals surface area contributed by atoms with Crippen molar-refractivity contribution in [2.45, 2.75) is 44.1 Å². The number of fused-ring (bicyclic) bond motifs is 2. The molecule has 6 heteroatoms. The monoisotopic (exact) mass is 372 g/mol. The van der Waals surface area contributed by atoms with Gasteiger partial charge in [-0.25, -0.2) is 4.98 Å². The van der Waals surface area contributed by atoms with Gasteiger partial charge in [0.1, 0.15) is 10.3 Å². The van der Waals surface area contributed by atoms with Crippen LogP contribution in [-0.2, 0) is 17.8 Å². The number of ether oxygens (including phenoxy) is 1. The maximum atomic E-state index is 13.2. The largest absolute Gasteiger partial charge is 0.369 e. The van der Waals surface area contributed by atoms with E-state index in [2.05, 4.69) is 23.4 Å². The number of hydrogen-bond donors (Lipinski definition) is 0. The van der Waals surface area contributed by atoms with Crippen LogP contribution in [0.5, 0.6) is 0 Å². The van der Waals surface area contributed by atoms with Gasteiger partial charge in [0.25, 0.3) is 0 Å². The molecule has 0 saturated heterocycles. The van der Waals surface area contributed by atoms with Gasteiger partial charge in [-0.1, -0.05) is 36.9 Å². The smallest absolute Gasteiger partial charge is 0.211 e. The van der Waals surface area contributed by atoms with Crippen molar-refractivity contribution in [1.82, 2.24) is 9.55 Å². The second-order valence-electron chi connectivity index (χ2n) is 6.53. The molecule has 1 atom stereocenters. The summed E-state index contributed by atoms with van der Waals surface area (Å²) in [5.74, 6) is 0. The van der Waals surface area contributed by atoms with Crippen molar-refractivity contribution < 1.29 is 4.74 Å². The van der Waals surface area contributed by atoms with Gasteiger partial charge in [0.2, 0.25) is 5.43 Å². The molecule has 1 aliphatic rings. The summed E-state index contributed by atoms with van der Waals surface area (Å²) in [6.45, 7) is 4.69. The predicted octanol–water partition coefficient (Wildman–Crippen LogP) is 4.41. The minimum Gasteiger partial charge on any atom is -0.369 e. The summed E-state index contributed by atoms with van der Waals surface area (Å²) in [5, 5.41) is 0.844. The van der Waals surface area contributed by atoms with Gasteiger partial charge in [-0.05, 0) is 31.7 Å². The van der Waals surface area contributed by atoms with E-state index < -0.39 is 0 Å². The standard InChI is InChI=1S/C19H20N2O2S2/c1-4-19(2)10-13-14(11-23-19)25-17-15(16(13)22)20-18(24-3)21(17)12-8-6-5-7-9-12/h5-9H,4,10-11H2,1-3H3. The Bertz CT molecular complexity index is 994. The van der Waals surface area contributed by atoms with Crippen LogP contribution in [0.4, 0.5) is 0 Å². The second kappa shape index (κ2) is 6.27. The van der Waals surface area contributed by atoms with Crippen LogP contribution >= 0.6 is 23.1 Å². The van der Waals surface area contributed by atoms with Crippen molar-refractivity contribution in [3.8, 4) is 5.69 Å². The van der Waals surface area contributed by atoms with Gasteiger partial charge in [0.05, 0.1) is 12.2 Å². The Morgan fingerprint density at radius 2 is 2.12 bits per heavy atom. The van der Waals surface area contributed by atoms with Crippen molar-refractivity contribution in [1.29, 1.82) is 0 Å². The molecule has 0 radical (unpaired) electrons. The van der Waals surface area contributed by atoms with E-state index in [9.17, 15) is 4.79 Å². The normalized spacial score (nSPS) is 20.0. The number of para-hydroxylation sites is 1. The highest BCUT2D eigenvalue weighted by molar-refractivity contribution is 7.98. The van der Waals surface area contributed by atoms with Gasteiger partial charge in [-0.2, -0.15) is 0 Å². The van der Waals surface area contributed by atoms with Crippen LogP contribution in [0.25, 0.3) is 16.0 Å². The quantitative estimate of drug-likeness (QED) is 0.639. The van der Waals surface area contributed by atoms with Crippen LogP contribution < -0.4 is 5.43 Å². The molecular weight excluding hydrogens is 352 g/mol. The molecule has 0 saturated carbocycles. The first-order chi connectivity index (χ1) is 12.1. The lowest BCUT2D eigenvalue weighted by Crippen LogP contribution is -2.37. The minimum atomic E-state index is -0.253. The molecule has 3 aromatic rings. The molecule has 0 bridgehead atoms. The molecule has 4 nitrogen and oxygen atoms in total. The first-order valence-corrected chi connectivity index (χ1v) is 10.4. The molecule has 4 rings (SSSR count). The molecule has 0 amide bonds. The third kappa shape index (κ3) is 2.72. The average Bonchev–Trinajstić information content (AvgIpc) is 3.02. The molecule has 3 heterocycles. The highest BCUT2D eigenvalue weighted by atomic mass is 32.2. The third-order valence-corrected chi connectivity index (χ3v) is 6.72. The summed E-state index contributed by atoms with van der Waals surface area (Å²) in [6, 6.07) is 10.1. The van der Waals surface area contributed by atoms with E-state index in [1.165, 1.54) is 0 Å². The number of benzene rings is 1. The molecular formula is C19H20N2O2S2. The Hall–Kier alpha value is -1.63. The summed E-state index contributed by atoms with van der Waals surface area (Å²) >= 11 is 3.19. The van der Waals surface area contributed by atoms with Gasteiger partial charge >= 0.3 is 0 Å². The fourth-order valence-corrected chi connectivity index (χ4v) is 4.98. The van der Waals surface area contributed by atoms with Crippen LogP contribution in [-0.4, -0.2) is 21.4 Å². The van der Waals surface area contributed by atoms with Gasteiger partial charge in [0.15, 0.2) is 5.16 Å². The summed E-state index contributed by atoms with van der Waals surface area (Å²) < 4.78 is 8.14. The van der Waals surface area contributed by atoms with Crippen LogP contribution in [0.2, 0.25) is 0 Å². The first-order valence-electron chi connectivity index (χ1n) is 8.37. The van der Waals surface area contributed by atoms with Crippen molar-refractivity contribution >= 4 is 33.4 Å². The third-order valence-electron chi connectivity index (χ3n) is 4.90. The zero-order valence-corrected chi connectivity index (χ0v) is 16.2. The van der Waals surface area contributed by atoms with Crippen molar-refractivity contribution in [2.24, 2.45) is 0 Å². The molecule has 0 spiro atoms. The lowest BCUT2D eigenvalue weighted by atomic mass is 9.91. The van der Waals surface area contributed by atoms with E-state index in [0.717, 1.165) is 32.5 Å². The summed E-state index contributed by atoms with van der Waals surface area (Å²) in [4.78, 5) is 19.8. The van der Waals surface area contributed by atoms with Gasteiger partial charge in [0, 0.05) is 22.5 Å². The molecule has 1 unspecified atom stereocenters. The van der Waals surface area contributed by atoms with Gasteiger partial charge in [-0.15, -0.1) is 11.3 Å². The molecule has 2 aromatic heterocycles. The molecule has 0 fully saturated rings. The highest BCUT2D eigenvalue weighted by Gasteiger charge is 2.33. The molecule has 0 aliphatic carbocycles. The van der Waals surface area contributed by atoms with Crippen molar-refractivity contribution in [2.75, 3.05) is 6.26 Å². The molecule has 25 heavy (non-hydrogen) atoms. The number of aromatic nitrogens is 2. The SMILES string of the molecule is CCC1(C)Cc2c(sc3c(nc(SC)n3-c3ccccc3)c2=O)CO1. The maximum Gasteiger partial charge on any atom is 0.211 e. The maximum absolute atomic E-state index is 13.2. The number of hydrogen-bond acceptors (Lipinski definition) is 5. The van der Waals surface area contributed by atoms with E-state index in [1.54, 1.807) is 23.1 Å². The molecule has 1 aromatic carbocycles. The summed E-state index contributed by atoms with van der Waals surface area (Å²) in [5.41, 5.74) is 2.31. The van der Waals surface area contributed by atoms with E-state index in [1.807, 2.05) is 36.6 Å². The van der Waals surface area contributed by atoms with Crippen LogP contribution in [0.15, 0.2) is 40.3 Å². The van der Waals surface area contributed by atoms with Gasteiger partial charge < -0.3 is 4.74 Å². The zero-order chi connectivity index (χ0) is 17.6. The van der Waals surface area contributed by atoms with E-state index in [4.69, 9.17) is 4.74 Å². The zero-order valence-electron chi connectivity index (χ0n) is 14.5. The van der Waals surface area contributed by atoms with Crippen molar-refractivity contribution in [3.63, 3.8) is 0 Å². The van der Waals surface area contributed by atoms with Gasteiger partial charge in [-0.3, -0.25) is 9.36 Å². The lowest BCUT2D eigenvalue weighted by molar-refractivity contribution is -0.0550. The Kier molecular flexibility index (Phi) is 4.22. The predicted molar refractivity (Wildman–Crippen MR) is 104 cm³/mol. The fourth-order valence-electron chi connectivity index (χ4n) is 3.20. The van der Waals surface area contributed by atoms with Crippen LogP contribution in [0.3, 0.4) is 0 Å². The van der Waals surface area contributed by atoms with Crippen molar-refractivity contribution in [3.05, 3.63) is 51.0 Å². The summed E-state index contributed by atoms with van der Waals surface area (Å²) in [7, 11) is 0.